The number of amides is 3. The van der Waals surface area contributed by atoms with E-state index >= 15 is 0 Å². The number of ether oxygens (including phenoxy) is 2. The Balaban J connectivity index is 2.00. The number of carboxylic acid groups (broad SMARTS) is 1. The number of methoxy groups -OCH3 is 2. The van der Waals surface area contributed by atoms with Gasteiger partial charge in [-0.25, -0.2) is 4.79 Å². The lowest BCUT2D eigenvalue weighted by molar-refractivity contribution is -0.150. The summed E-state index contributed by atoms with van der Waals surface area (Å²) in [4.78, 5) is 66.1. The molecule has 40 heavy (non-hydrogen) atoms. The van der Waals surface area contributed by atoms with Crippen molar-refractivity contribution in [1.29, 1.82) is 0 Å². The van der Waals surface area contributed by atoms with E-state index in [1.54, 1.807) is 62.4 Å². The second kappa shape index (κ2) is 12.9. The second-order valence-corrected chi connectivity index (χ2v) is 9.60. The van der Waals surface area contributed by atoms with Gasteiger partial charge >= 0.3 is 5.97 Å². The Kier molecular flexibility index (Phi) is 9.65. The maximum atomic E-state index is 13.8. The summed E-state index contributed by atoms with van der Waals surface area (Å²) in [6.45, 7) is 4.40. The maximum absolute atomic E-state index is 13.8. The summed E-state index contributed by atoms with van der Waals surface area (Å²) in [6, 6.07) is 11.3. The van der Waals surface area contributed by atoms with E-state index in [0.717, 1.165) is 0 Å². The summed E-state index contributed by atoms with van der Waals surface area (Å²) in [5.74, 6) is -3.94. The van der Waals surface area contributed by atoms with Crippen molar-refractivity contribution in [2.24, 2.45) is 5.92 Å². The summed E-state index contributed by atoms with van der Waals surface area (Å²) in [5, 5.41) is 11.8. The molecule has 1 heterocycles. The molecule has 0 bridgehead atoms. The Hall–Kier alpha value is -4.67. The Morgan fingerprint density at radius 1 is 1.00 bits per heavy atom. The number of benzene rings is 2. The van der Waals surface area contributed by atoms with Crippen molar-refractivity contribution in [2.45, 2.75) is 39.3 Å². The molecule has 0 aromatic heterocycles. The lowest BCUT2D eigenvalue weighted by atomic mass is 9.96. The van der Waals surface area contributed by atoms with Gasteiger partial charge in [-0.15, -0.1) is 0 Å². The van der Waals surface area contributed by atoms with Crippen LogP contribution in [0.4, 0.5) is 0 Å². The molecule has 212 valence electrons. The summed E-state index contributed by atoms with van der Waals surface area (Å²) in [7, 11) is 2.93. The normalized spacial score (nSPS) is 15.8. The molecule has 2 atom stereocenters. The lowest BCUT2D eigenvalue weighted by Crippen LogP contribution is -2.56. The number of nitrogens with one attached hydrogen (secondary N) is 1. The molecule has 0 saturated heterocycles. The molecule has 1 aliphatic rings. The van der Waals surface area contributed by atoms with Crippen LogP contribution < -0.4 is 14.8 Å². The van der Waals surface area contributed by atoms with Crippen LogP contribution in [0.5, 0.6) is 11.5 Å². The minimum absolute atomic E-state index is 0.0449. The molecule has 2 aromatic carbocycles. The van der Waals surface area contributed by atoms with Crippen LogP contribution in [0.1, 0.15) is 31.9 Å². The van der Waals surface area contributed by atoms with Gasteiger partial charge in [0, 0.05) is 25.1 Å². The summed E-state index contributed by atoms with van der Waals surface area (Å²) in [6.07, 6.45) is 1.46. The van der Waals surface area contributed by atoms with Gasteiger partial charge in [0.05, 0.1) is 19.9 Å². The van der Waals surface area contributed by atoms with Crippen molar-refractivity contribution in [2.75, 3.05) is 20.8 Å². The molecule has 11 heteroatoms. The fourth-order valence-electron chi connectivity index (χ4n) is 4.55. The van der Waals surface area contributed by atoms with E-state index in [0.29, 0.717) is 22.6 Å². The number of carbonyl (C=O) groups excluding carboxylic acids is 4. The van der Waals surface area contributed by atoms with E-state index in [9.17, 15) is 29.1 Å². The van der Waals surface area contributed by atoms with Gasteiger partial charge in [0.2, 0.25) is 11.8 Å². The van der Waals surface area contributed by atoms with Crippen LogP contribution in [0.2, 0.25) is 0 Å². The number of Topliss-reactive ketones (excluding diaryl/α,β-unsaturated/α-hetero) is 1. The van der Waals surface area contributed by atoms with Gasteiger partial charge in [0.1, 0.15) is 18.6 Å². The molecule has 1 unspecified atom stereocenters. The van der Waals surface area contributed by atoms with Crippen LogP contribution in [0.15, 0.2) is 54.7 Å². The van der Waals surface area contributed by atoms with E-state index in [2.05, 4.69) is 5.32 Å². The fourth-order valence-corrected chi connectivity index (χ4v) is 4.55. The SMILES string of the molecule is COc1ccc(C2=CN(C(C)=O)C(C(C)C)C(=O)N2CC(=O)N[C@@H](Cc2ccccc2)C(=O)C(=O)O)cc1OC. The first-order chi connectivity index (χ1) is 19.0. The van der Waals surface area contributed by atoms with Gasteiger partial charge < -0.3 is 24.8 Å². The van der Waals surface area contributed by atoms with Crippen LogP contribution in [0, 0.1) is 5.92 Å². The Morgan fingerprint density at radius 3 is 2.20 bits per heavy atom. The van der Waals surface area contributed by atoms with E-state index in [-0.39, 0.29) is 23.9 Å². The highest BCUT2D eigenvalue weighted by Crippen LogP contribution is 2.35. The molecular formula is C29H33N3O8. The zero-order valence-corrected chi connectivity index (χ0v) is 23.0. The van der Waals surface area contributed by atoms with Crippen LogP contribution in [0.25, 0.3) is 5.70 Å². The molecule has 0 saturated carbocycles. The van der Waals surface area contributed by atoms with Gasteiger partial charge in [-0.2, -0.15) is 0 Å². The van der Waals surface area contributed by atoms with E-state index in [1.807, 2.05) is 0 Å². The molecule has 11 nitrogen and oxygen atoms in total. The fraction of sp³-hybridized carbons (Fsp3) is 0.345. The first-order valence-corrected chi connectivity index (χ1v) is 12.6. The summed E-state index contributed by atoms with van der Waals surface area (Å²) >= 11 is 0. The zero-order chi connectivity index (χ0) is 29.6. The van der Waals surface area contributed by atoms with Crippen molar-refractivity contribution in [3.8, 4) is 11.5 Å². The highest BCUT2D eigenvalue weighted by molar-refractivity contribution is 6.35. The number of rotatable bonds is 11. The highest BCUT2D eigenvalue weighted by Gasteiger charge is 2.40. The number of hydrogen-bond acceptors (Lipinski definition) is 7. The third-order valence-corrected chi connectivity index (χ3v) is 6.49. The minimum Gasteiger partial charge on any atom is -0.493 e. The molecule has 3 rings (SSSR count). The highest BCUT2D eigenvalue weighted by atomic mass is 16.5. The number of hydrogen-bond donors (Lipinski definition) is 2. The van der Waals surface area contributed by atoms with Crippen LogP contribution in [-0.2, 0) is 30.4 Å². The van der Waals surface area contributed by atoms with Crippen molar-refractivity contribution in [3.05, 3.63) is 65.9 Å². The Morgan fingerprint density at radius 2 is 1.65 bits per heavy atom. The minimum atomic E-state index is -1.68. The number of aliphatic carboxylic acids is 1. The van der Waals surface area contributed by atoms with E-state index in [1.165, 1.54) is 37.1 Å². The maximum Gasteiger partial charge on any atom is 0.374 e. The predicted octanol–water partition coefficient (Wildman–Crippen LogP) is 2.10. The predicted molar refractivity (Wildman–Crippen MR) is 145 cm³/mol. The molecule has 3 amide bonds. The van der Waals surface area contributed by atoms with Crippen LogP contribution in [0.3, 0.4) is 0 Å². The van der Waals surface area contributed by atoms with Gasteiger partial charge in [0.25, 0.3) is 11.7 Å². The number of ketones is 1. The number of carboxylic acids is 1. The molecule has 2 aromatic rings. The van der Waals surface area contributed by atoms with Crippen LogP contribution >= 0.6 is 0 Å². The average molecular weight is 552 g/mol. The molecule has 0 aliphatic carbocycles. The Labute approximate surface area is 232 Å². The van der Waals surface area contributed by atoms with Crippen molar-refractivity contribution >= 4 is 35.2 Å². The topological polar surface area (TPSA) is 143 Å². The average Bonchev–Trinajstić information content (AvgIpc) is 2.92. The first-order valence-electron chi connectivity index (χ1n) is 12.6. The summed E-state index contributed by atoms with van der Waals surface area (Å²) in [5.41, 5.74) is 1.37. The summed E-state index contributed by atoms with van der Waals surface area (Å²) < 4.78 is 10.7. The Bertz CT molecular complexity index is 1320. The van der Waals surface area contributed by atoms with Gasteiger partial charge in [-0.05, 0) is 29.7 Å². The van der Waals surface area contributed by atoms with E-state index < -0.39 is 42.2 Å². The molecule has 0 spiro atoms. The largest absolute Gasteiger partial charge is 0.493 e. The van der Waals surface area contributed by atoms with Crippen LogP contribution in [-0.4, -0.2) is 77.2 Å². The van der Waals surface area contributed by atoms with E-state index in [4.69, 9.17) is 9.47 Å². The standard InChI is InChI=1S/C29H33N3O8/c1-17(2)26-28(36)32(16-25(34)30-21(27(35)29(37)38)13-19-9-7-6-8-10-19)22(15-31(26)18(3)33)20-11-12-23(39-4)24(14-20)40-5/h6-12,14-15,17,21,26H,13,16H2,1-5H3,(H,30,34)(H,37,38)/t21-,26?/m0/s1. The molecule has 0 radical (unpaired) electrons. The third-order valence-electron chi connectivity index (χ3n) is 6.49. The quantitative estimate of drug-likeness (QED) is 0.405. The lowest BCUT2D eigenvalue weighted by Gasteiger charge is -2.40. The molecule has 0 fully saturated rings. The number of nitrogens with zero attached hydrogens (tertiary/aromatic N) is 2. The zero-order valence-electron chi connectivity index (χ0n) is 23.0. The van der Waals surface area contributed by atoms with Crippen molar-refractivity contribution in [3.63, 3.8) is 0 Å². The second-order valence-electron chi connectivity index (χ2n) is 9.60. The first kappa shape index (κ1) is 29.9. The molecule has 2 N–H and O–H groups in total. The van der Waals surface area contributed by atoms with Crippen molar-refractivity contribution in [1.82, 2.24) is 15.1 Å². The van der Waals surface area contributed by atoms with Gasteiger partial charge in [-0.3, -0.25) is 24.1 Å². The number of carbonyl (C=O) groups is 5. The molecular weight excluding hydrogens is 518 g/mol. The van der Waals surface area contributed by atoms with Gasteiger partial charge in [-0.1, -0.05) is 44.2 Å². The van der Waals surface area contributed by atoms with Gasteiger partial charge in [0.15, 0.2) is 11.5 Å². The van der Waals surface area contributed by atoms with Crippen molar-refractivity contribution < 1.29 is 38.6 Å². The monoisotopic (exact) mass is 551 g/mol. The smallest absolute Gasteiger partial charge is 0.374 e. The third kappa shape index (κ3) is 6.66. The molecule has 1 aliphatic heterocycles.